The Morgan fingerprint density at radius 2 is 2.44 bits per heavy atom. The van der Waals surface area contributed by atoms with E-state index in [1.54, 1.807) is 10.9 Å². The lowest BCUT2D eigenvalue weighted by atomic mass is 10.3. The second kappa shape index (κ2) is 7.00. The molecular formula is C11H20N4O. The summed E-state index contributed by atoms with van der Waals surface area (Å²) in [7, 11) is 0. The highest BCUT2D eigenvalue weighted by Gasteiger charge is 2.03. The molecule has 1 amide bonds. The Morgan fingerprint density at radius 1 is 1.62 bits per heavy atom. The van der Waals surface area contributed by atoms with E-state index >= 15 is 0 Å². The van der Waals surface area contributed by atoms with Crippen molar-refractivity contribution >= 4 is 5.91 Å². The van der Waals surface area contributed by atoms with Crippen molar-refractivity contribution in [2.45, 2.75) is 32.7 Å². The third-order valence-corrected chi connectivity index (χ3v) is 2.27. The molecule has 0 radical (unpaired) electrons. The molecule has 1 heterocycles. The van der Waals surface area contributed by atoms with Gasteiger partial charge in [-0.3, -0.25) is 4.79 Å². The molecule has 16 heavy (non-hydrogen) atoms. The highest BCUT2D eigenvalue weighted by molar-refractivity contribution is 5.75. The zero-order valence-corrected chi connectivity index (χ0v) is 9.78. The molecular weight excluding hydrogens is 204 g/mol. The van der Waals surface area contributed by atoms with E-state index < -0.39 is 0 Å². The minimum Gasteiger partial charge on any atom is -0.355 e. The Kier molecular flexibility index (Phi) is 5.56. The van der Waals surface area contributed by atoms with Crippen LogP contribution in [0.25, 0.3) is 0 Å². The SMILES string of the molecule is CCCCNC(=O)Cn1cnc(CCN)c1. The van der Waals surface area contributed by atoms with Crippen molar-refractivity contribution in [3.05, 3.63) is 18.2 Å². The number of nitrogens with two attached hydrogens (primary N) is 1. The lowest BCUT2D eigenvalue weighted by molar-refractivity contribution is -0.121. The van der Waals surface area contributed by atoms with Crippen LogP contribution in [0.2, 0.25) is 0 Å². The number of rotatable bonds is 7. The van der Waals surface area contributed by atoms with E-state index in [1.807, 2.05) is 6.20 Å². The number of imidazole rings is 1. The first-order valence-electron chi connectivity index (χ1n) is 5.73. The molecule has 0 spiro atoms. The number of hydrogen-bond donors (Lipinski definition) is 2. The van der Waals surface area contributed by atoms with Gasteiger partial charge < -0.3 is 15.6 Å². The maximum absolute atomic E-state index is 11.5. The van der Waals surface area contributed by atoms with E-state index in [2.05, 4.69) is 17.2 Å². The molecule has 5 heteroatoms. The van der Waals surface area contributed by atoms with Gasteiger partial charge in [-0.15, -0.1) is 0 Å². The Bertz CT molecular complexity index is 322. The molecule has 0 bridgehead atoms. The molecule has 90 valence electrons. The summed E-state index contributed by atoms with van der Waals surface area (Å²) in [6.45, 7) is 3.77. The van der Waals surface area contributed by atoms with Gasteiger partial charge in [0, 0.05) is 19.2 Å². The van der Waals surface area contributed by atoms with Gasteiger partial charge in [-0.25, -0.2) is 4.98 Å². The summed E-state index contributed by atoms with van der Waals surface area (Å²) in [6, 6.07) is 0. The number of hydrogen-bond acceptors (Lipinski definition) is 3. The molecule has 5 nitrogen and oxygen atoms in total. The van der Waals surface area contributed by atoms with Gasteiger partial charge in [-0.05, 0) is 13.0 Å². The zero-order chi connectivity index (χ0) is 11.8. The average Bonchev–Trinajstić information content (AvgIpc) is 2.66. The summed E-state index contributed by atoms with van der Waals surface area (Å²) in [5, 5.41) is 2.86. The highest BCUT2D eigenvalue weighted by atomic mass is 16.1. The van der Waals surface area contributed by atoms with Crippen LogP contribution in [0.5, 0.6) is 0 Å². The second-order valence-corrected chi connectivity index (χ2v) is 3.78. The number of amides is 1. The average molecular weight is 224 g/mol. The molecule has 0 aliphatic carbocycles. The number of carbonyl (C=O) groups is 1. The monoisotopic (exact) mass is 224 g/mol. The van der Waals surface area contributed by atoms with Crippen LogP contribution in [0.1, 0.15) is 25.5 Å². The lowest BCUT2D eigenvalue weighted by Gasteiger charge is -2.04. The predicted octanol–water partition coefficient (Wildman–Crippen LogP) is 0.301. The van der Waals surface area contributed by atoms with Crippen molar-refractivity contribution in [3.8, 4) is 0 Å². The fourth-order valence-electron chi connectivity index (χ4n) is 1.40. The summed E-state index contributed by atoms with van der Waals surface area (Å²) in [4.78, 5) is 15.6. The van der Waals surface area contributed by atoms with Crippen LogP contribution in [-0.4, -0.2) is 28.5 Å². The quantitative estimate of drug-likeness (QED) is 0.654. The van der Waals surface area contributed by atoms with E-state index in [4.69, 9.17) is 5.73 Å². The predicted molar refractivity (Wildman–Crippen MR) is 62.9 cm³/mol. The number of nitrogens with one attached hydrogen (secondary N) is 1. The van der Waals surface area contributed by atoms with Gasteiger partial charge in [0.15, 0.2) is 0 Å². The Hall–Kier alpha value is -1.36. The van der Waals surface area contributed by atoms with Gasteiger partial charge in [0.1, 0.15) is 6.54 Å². The van der Waals surface area contributed by atoms with Gasteiger partial charge in [0.2, 0.25) is 5.91 Å². The first-order chi connectivity index (χ1) is 7.76. The summed E-state index contributed by atoms with van der Waals surface area (Å²) < 4.78 is 1.78. The Balaban J connectivity index is 2.31. The van der Waals surface area contributed by atoms with Crippen molar-refractivity contribution in [3.63, 3.8) is 0 Å². The largest absolute Gasteiger partial charge is 0.355 e. The van der Waals surface area contributed by atoms with Crippen LogP contribution >= 0.6 is 0 Å². The van der Waals surface area contributed by atoms with Gasteiger partial charge in [0.25, 0.3) is 0 Å². The maximum atomic E-state index is 11.5. The normalized spacial score (nSPS) is 10.4. The summed E-state index contributed by atoms with van der Waals surface area (Å²) in [5.41, 5.74) is 6.36. The molecule has 0 unspecified atom stereocenters. The molecule has 3 N–H and O–H groups in total. The number of carbonyl (C=O) groups excluding carboxylic acids is 1. The van der Waals surface area contributed by atoms with Gasteiger partial charge >= 0.3 is 0 Å². The molecule has 0 aliphatic rings. The van der Waals surface area contributed by atoms with Gasteiger partial charge in [-0.1, -0.05) is 13.3 Å². The fraction of sp³-hybridized carbons (Fsp3) is 0.636. The summed E-state index contributed by atoms with van der Waals surface area (Å²) >= 11 is 0. The van der Waals surface area contributed by atoms with E-state index in [-0.39, 0.29) is 5.91 Å². The molecule has 1 aromatic rings. The topological polar surface area (TPSA) is 72.9 Å². The van der Waals surface area contributed by atoms with Crippen molar-refractivity contribution in [2.24, 2.45) is 5.73 Å². The summed E-state index contributed by atoms with van der Waals surface area (Å²) in [6.07, 6.45) is 6.40. The third kappa shape index (κ3) is 4.44. The van der Waals surface area contributed by atoms with Crippen LogP contribution in [0.3, 0.4) is 0 Å². The number of unbranched alkanes of at least 4 members (excludes halogenated alkanes) is 1. The van der Waals surface area contributed by atoms with Crippen LogP contribution in [0.4, 0.5) is 0 Å². The van der Waals surface area contributed by atoms with E-state index in [0.717, 1.165) is 31.5 Å². The maximum Gasteiger partial charge on any atom is 0.239 e. The van der Waals surface area contributed by atoms with Crippen LogP contribution in [0.15, 0.2) is 12.5 Å². The first-order valence-corrected chi connectivity index (χ1v) is 5.73. The standard InChI is InChI=1S/C11H20N4O/c1-2-3-6-13-11(16)8-15-7-10(4-5-12)14-9-15/h7,9H,2-6,8,12H2,1H3,(H,13,16). The summed E-state index contributed by atoms with van der Waals surface area (Å²) in [5.74, 6) is 0.0325. The van der Waals surface area contributed by atoms with Gasteiger partial charge in [-0.2, -0.15) is 0 Å². The number of nitrogens with zero attached hydrogens (tertiary/aromatic N) is 2. The van der Waals surface area contributed by atoms with Crippen molar-refractivity contribution < 1.29 is 4.79 Å². The molecule has 0 saturated carbocycles. The molecule has 0 atom stereocenters. The molecule has 0 saturated heterocycles. The molecule has 0 aliphatic heterocycles. The highest BCUT2D eigenvalue weighted by Crippen LogP contribution is 1.96. The Morgan fingerprint density at radius 3 is 3.12 bits per heavy atom. The Labute approximate surface area is 96.0 Å². The zero-order valence-electron chi connectivity index (χ0n) is 9.78. The van der Waals surface area contributed by atoms with Crippen LogP contribution in [-0.2, 0) is 17.8 Å². The fourth-order valence-corrected chi connectivity index (χ4v) is 1.40. The molecule has 1 aromatic heterocycles. The van der Waals surface area contributed by atoms with Crippen LogP contribution in [0, 0.1) is 0 Å². The van der Waals surface area contributed by atoms with Crippen molar-refractivity contribution in [2.75, 3.05) is 13.1 Å². The lowest BCUT2D eigenvalue weighted by Crippen LogP contribution is -2.27. The molecule has 0 fully saturated rings. The molecule has 0 aromatic carbocycles. The minimum atomic E-state index is 0.0325. The van der Waals surface area contributed by atoms with Crippen molar-refractivity contribution in [1.29, 1.82) is 0 Å². The second-order valence-electron chi connectivity index (χ2n) is 3.78. The number of aromatic nitrogens is 2. The third-order valence-electron chi connectivity index (χ3n) is 2.27. The van der Waals surface area contributed by atoms with E-state index in [1.165, 1.54) is 0 Å². The van der Waals surface area contributed by atoms with Crippen molar-refractivity contribution in [1.82, 2.24) is 14.9 Å². The van der Waals surface area contributed by atoms with Gasteiger partial charge in [0.05, 0.1) is 12.0 Å². The smallest absolute Gasteiger partial charge is 0.239 e. The van der Waals surface area contributed by atoms with E-state index in [0.29, 0.717) is 13.1 Å². The first kappa shape index (κ1) is 12.7. The van der Waals surface area contributed by atoms with Crippen LogP contribution < -0.4 is 11.1 Å². The minimum absolute atomic E-state index is 0.0325. The molecule has 1 rings (SSSR count). The van der Waals surface area contributed by atoms with E-state index in [9.17, 15) is 4.79 Å².